The first-order chi connectivity index (χ1) is 11.6. The molecular formula is C19H24N2O3. The maximum absolute atomic E-state index is 12.4. The molecule has 1 heterocycles. The number of rotatable bonds is 8. The summed E-state index contributed by atoms with van der Waals surface area (Å²) in [5, 5.41) is 5.64. The third-order valence-electron chi connectivity index (χ3n) is 3.76. The molecule has 2 N–H and O–H groups in total. The molecule has 128 valence electrons. The highest BCUT2D eigenvalue weighted by molar-refractivity contribution is 6.03. The largest absolute Gasteiger partial charge is 0.467 e. The van der Waals surface area contributed by atoms with Crippen LogP contribution in [0.5, 0.6) is 0 Å². The number of furan rings is 1. The summed E-state index contributed by atoms with van der Waals surface area (Å²) in [4.78, 5) is 24.5. The van der Waals surface area contributed by atoms with Crippen LogP contribution in [0.1, 0.15) is 49.2 Å². The number of nitrogens with one attached hydrogen (secondary N) is 2. The lowest BCUT2D eigenvalue weighted by Gasteiger charge is -2.13. The van der Waals surface area contributed by atoms with Crippen molar-refractivity contribution in [2.75, 3.05) is 5.32 Å². The van der Waals surface area contributed by atoms with Crippen molar-refractivity contribution in [2.45, 2.75) is 39.7 Å². The van der Waals surface area contributed by atoms with Crippen molar-refractivity contribution in [2.24, 2.45) is 5.92 Å². The first kappa shape index (κ1) is 17.8. The minimum atomic E-state index is -0.246. The molecule has 5 nitrogen and oxygen atoms in total. The van der Waals surface area contributed by atoms with Gasteiger partial charge in [-0.1, -0.05) is 38.8 Å². The lowest BCUT2D eigenvalue weighted by atomic mass is 10.0. The molecule has 1 aromatic carbocycles. The zero-order valence-electron chi connectivity index (χ0n) is 14.2. The summed E-state index contributed by atoms with van der Waals surface area (Å²) in [6, 6.07) is 10.6. The van der Waals surface area contributed by atoms with Gasteiger partial charge in [0.25, 0.3) is 5.91 Å². The van der Waals surface area contributed by atoms with Crippen LogP contribution < -0.4 is 10.6 Å². The molecule has 2 amide bonds. The van der Waals surface area contributed by atoms with Gasteiger partial charge in [-0.05, 0) is 30.2 Å². The summed E-state index contributed by atoms with van der Waals surface area (Å²) in [5.41, 5.74) is 0.976. The summed E-state index contributed by atoms with van der Waals surface area (Å²) < 4.78 is 5.20. The molecule has 0 spiro atoms. The molecule has 1 unspecified atom stereocenters. The van der Waals surface area contributed by atoms with Crippen LogP contribution in [0.25, 0.3) is 0 Å². The van der Waals surface area contributed by atoms with E-state index in [0.717, 1.165) is 12.8 Å². The van der Waals surface area contributed by atoms with Crippen molar-refractivity contribution < 1.29 is 14.0 Å². The van der Waals surface area contributed by atoms with Gasteiger partial charge < -0.3 is 15.1 Å². The number of anilines is 1. The number of hydrogen-bond donors (Lipinski definition) is 2. The van der Waals surface area contributed by atoms with E-state index in [1.54, 1.807) is 42.7 Å². The Morgan fingerprint density at radius 2 is 1.96 bits per heavy atom. The van der Waals surface area contributed by atoms with Crippen LogP contribution in [0, 0.1) is 5.92 Å². The van der Waals surface area contributed by atoms with Gasteiger partial charge in [0.15, 0.2) is 0 Å². The van der Waals surface area contributed by atoms with E-state index in [4.69, 9.17) is 4.42 Å². The van der Waals surface area contributed by atoms with Crippen molar-refractivity contribution in [3.63, 3.8) is 0 Å². The van der Waals surface area contributed by atoms with E-state index in [-0.39, 0.29) is 11.8 Å². The Labute approximate surface area is 142 Å². The van der Waals surface area contributed by atoms with Crippen molar-refractivity contribution in [1.29, 1.82) is 0 Å². The smallest absolute Gasteiger partial charge is 0.253 e. The highest BCUT2D eigenvalue weighted by Crippen LogP contribution is 2.17. The van der Waals surface area contributed by atoms with Gasteiger partial charge in [-0.2, -0.15) is 0 Å². The van der Waals surface area contributed by atoms with Crippen molar-refractivity contribution in [1.82, 2.24) is 5.32 Å². The Kier molecular flexibility index (Phi) is 6.61. The predicted octanol–water partition coefficient (Wildman–Crippen LogP) is 3.97. The Morgan fingerprint density at radius 3 is 2.67 bits per heavy atom. The molecule has 0 aliphatic heterocycles. The van der Waals surface area contributed by atoms with Crippen molar-refractivity contribution >= 4 is 17.5 Å². The molecular weight excluding hydrogens is 304 g/mol. The quantitative estimate of drug-likeness (QED) is 0.770. The van der Waals surface area contributed by atoms with Crippen LogP contribution in [0.3, 0.4) is 0 Å². The maximum Gasteiger partial charge on any atom is 0.253 e. The third kappa shape index (κ3) is 5.26. The molecule has 0 bridgehead atoms. The van der Waals surface area contributed by atoms with Gasteiger partial charge in [0.2, 0.25) is 5.91 Å². The van der Waals surface area contributed by atoms with Gasteiger partial charge in [0, 0.05) is 6.42 Å². The Balaban J connectivity index is 1.98. The predicted molar refractivity (Wildman–Crippen MR) is 93.6 cm³/mol. The van der Waals surface area contributed by atoms with Crippen molar-refractivity contribution in [3.05, 3.63) is 54.0 Å². The molecule has 0 aliphatic rings. The second-order valence-corrected chi connectivity index (χ2v) is 5.95. The number of benzene rings is 1. The summed E-state index contributed by atoms with van der Waals surface area (Å²) in [5.74, 6) is 0.694. The molecule has 0 radical (unpaired) electrons. The normalized spacial score (nSPS) is 11.8. The standard InChI is InChI=1S/C19H24N2O3/c1-3-7-14(2)12-18(22)21-17-10-5-4-9-16(17)19(23)20-13-15-8-6-11-24-15/h4-6,8-11,14H,3,7,12-13H2,1-2H3,(H,20,23)(H,21,22). The first-order valence-electron chi connectivity index (χ1n) is 8.29. The number of amides is 2. The van der Waals surface area contributed by atoms with Gasteiger partial charge in [-0.3, -0.25) is 9.59 Å². The van der Waals surface area contributed by atoms with Gasteiger partial charge in [0.1, 0.15) is 5.76 Å². The molecule has 2 aromatic rings. The van der Waals surface area contributed by atoms with Gasteiger partial charge in [0.05, 0.1) is 24.1 Å². The number of hydrogen-bond acceptors (Lipinski definition) is 3. The maximum atomic E-state index is 12.4. The Bertz CT molecular complexity index is 665. The van der Waals surface area contributed by atoms with E-state index in [0.29, 0.717) is 35.9 Å². The minimum Gasteiger partial charge on any atom is -0.467 e. The van der Waals surface area contributed by atoms with E-state index in [1.165, 1.54) is 0 Å². The van der Waals surface area contributed by atoms with Crippen molar-refractivity contribution in [3.8, 4) is 0 Å². The zero-order chi connectivity index (χ0) is 17.4. The van der Waals surface area contributed by atoms with E-state index in [2.05, 4.69) is 24.5 Å². The van der Waals surface area contributed by atoms with Gasteiger partial charge in [-0.25, -0.2) is 0 Å². The Morgan fingerprint density at radius 1 is 1.17 bits per heavy atom. The average Bonchev–Trinajstić information content (AvgIpc) is 3.06. The van der Waals surface area contributed by atoms with Crippen LogP contribution in [0.15, 0.2) is 47.1 Å². The van der Waals surface area contributed by atoms with Crippen LogP contribution in [0.2, 0.25) is 0 Å². The average molecular weight is 328 g/mol. The molecule has 0 aliphatic carbocycles. The highest BCUT2D eigenvalue weighted by atomic mass is 16.3. The van der Waals surface area contributed by atoms with E-state index < -0.39 is 0 Å². The topological polar surface area (TPSA) is 71.3 Å². The van der Waals surface area contributed by atoms with Gasteiger partial charge in [-0.15, -0.1) is 0 Å². The molecule has 0 saturated carbocycles. The number of carbonyl (C=O) groups is 2. The van der Waals surface area contributed by atoms with E-state index >= 15 is 0 Å². The Hall–Kier alpha value is -2.56. The van der Waals surface area contributed by atoms with E-state index in [1.807, 2.05) is 0 Å². The molecule has 24 heavy (non-hydrogen) atoms. The minimum absolute atomic E-state index is 0.0674. The zero-order valence-corrected chi connectivity index (χ0v) is 14.2. The molecule has 0 saturated heterocycles. The fraction of sp³-hybridized carbons (Fsp3) is 0.368. The first-order valence-corrected chi connectivity index (χ1v) is 8.29. The lowest BCUT2D eigenvalue weighted by molar-refractivity contribution is -0.117. The second kappa shape index (κ2) is 8.91. The molecule has 2 rings (SSSR count). The second-order valence-electron chi connectivity index (χ2n) is 5.95. The van der Waals surface area contributed by atoms with Gasteiger partial charge >= 0.3 is 0 Å². The monoisotopic (exact) mass is 328 g/mol. The van der Waals surface area contributed by atoms with E-state index in [9.17, 15) is 9.59 Å². The summed E-state index contributed by atoms with van der Waals surface area (Å²) in [6.07, 6.45) is 4.09. The van der Waals surface area contributed by atoms with Crippen LogP contribution in [0.4, 0.5) is 5.69 Å². The lowest BCUT2D eigenvalue weighted by Crippen LogP contribution is -2.25. The summed E-state index contributed by atoms with van der Waals surface area (Å²) >= 11 is 0. The van der Waals surface area contributed by atoms with Crippen LogP contribution in [-0.2, 0) is 11.3 Å². The fourth-order valence-electron chi connectivity index (χ4n) is 2.58. The SMILES string of the molecule is CCCC(C)CC(=O)Nc1ccccc1C(=O)NCc1ccco1. The highest BCUT2D eigenvalue weighted by Gasteiger charge is 2.14. The molecule has 1 atom stereocenters. The third-order valence-corrected chi connectivity index (χ3v) is 3.76. The number of para-hydroxylation sites is 1. The summed E-state index contributed by atoms with van der Waals surface area (Å²) in [6.45, 7) is 4.47. The fourth-order valence-corrected chi connectivity index (χ4v) is 2.58. The molecule has 1 aromatic heterocycles. The van der Waals surface area contributed by atoms with Crippen LogP contribution >= 0.6 is 0 Å². The number of carbonyl (C=O) groups excluding carboxylic acids is 2. The molecule has 5 heteroatoms. The molecule has 0 fully saturated rings. The van der Waals surface area contributed by atoms with Crippen LogP contribution in [-0.4, -0.2) is 11.8 Å². The summed E-state index contributed by atoms with van der Waals surface area (Å²) in [7, 11) is 0.